The van der Waals surface area contributed by atoms with Crippen molar-refractivity contribution in [2.75, 3.05) is 19.5 Å². The fourth-order valence-corrected chi connectivity index (χ4v) is 6.03. The van der Waals surface area contributed by atoms with Crippen LogP contribution in [0.3, 0.4) is 0 Å². The van der Waals surface area contributed by atoms with Crippen LogP contribution in [0.4, 0.5) is 14.9 Å². The monoisotopic (exact) mass is 544 g/mol. The van der Waals surface area contributed by atoms with Gasteiger partial charge in [-0.05, 0) is 48.8 Å². The zero-order chi connectivity index (χ0) is 28.3. The van der Waals surface area contributed by atoms with Gasteiger partial charge in [0.15, 0.2) is 0 Å². The van der Waals surface area contributed by atoms with Gasteiger partial charge < -0.3 is 20.7 Å². The highest BCUT2D eigenvalue weighted by atomic mass is 19.1. The maximum absolute atomic E-state index is 13.5. The highest BCUT2D eigenvalue weighted by Crippen LogP contribution is 2.42. The first-order valence-electron chi connectivity index (χ1n) is 14.0. The van der Waals surface area contributed by atoms with Gasteiger partial charge in [-0.1, -0.05) is 54.6 Å². The van der Waals surface area contributed by atoms with Crippen LogP contribution in [0.1, 0.15) is 50.5 Å². The average molecular weight is 545 g/mol. The SMILES string of the molecule is COC(=O)N(C)C1CCC(CC(=O)Nc2cnc(-c3ccc(C4(N)CC(F)C4)cc3)c(-c3ccccc3)c2)CC1. The molecule has 0 atom stereocenters. The Morgan fingerprint density at radius 1 is 1.05 bits per heavy atom. The van der Waals surface area contributed by atoms with Crippen molar-refractivity contribution in [1.82, 2.24) is 9.88 Å². The minimum Gasteiger partial charge on any atom is -0.453 e. The molecular weight excluding hydrogens is 507 g/mol. The molecule has 0 radical (unpaired) electrons. The smallest absolute Gasteiger partial charge is 0.409 e. The van der Waals surface area contributed by atoms with Crippen LogP contribution in [0, 0.1) is 5.92 Å². The molecule has 1 heterocycles. The van der Waals surface area contributed by atoms with Gasteiger partial charge in [0.05, 0.1) is 24.7 Å². The number of benzene rings is 2. The number of anilines is 1. The first-order valence-corrected chi connectivity index (χ1v) is 14.0. The third-order valence-electron chi connectivity index (χ3n) is 8.46. The Bertz CT molecular complexity index is 1330. The molecule has 210 valence electrons. The Morgan fingerprint density at radius 2 is 1.73 bits per heavy atom. The summed E-state index contributed by atoms with van der Waals surface area (Å²) >= 11 is 0. The molecule has 7 nitrogen and oxygen atoms in total. The molecule has 2 aromatic carbocycles. The Kier molecular flexibility index (Phi) is 8.17. The van der Waals surface area contributed by atoms with E-state index in [2.05, 4.69) is 5.32 Å². The second-order valence-corrected chi connectivity index (χ2v) is 11.2. The summed E-state index contributed by atoms with van der Waals surface area (Å²) < 4.78 is 18.3. The molecular formula is C32H37FN4O3. The summed E-state index contributed by atoms with van der Waals surface area (Å²) in [5, 5.41) is 3.05. The van der Waals surface area contributed by atoms with Crippen molar-refractivity contribution >= 4 is 17.7 Å². The van der Waals surface area contributed by atoms with Crippen LogP contribution in [0.15, 0.2) is 66.9 Å². The number of pyridine rings is 1. The molecule has 3 aromatic rings. The maximum Gasteiger partial charge on any atom is 0.409 e. The number of nitrogens with zero attached hydrogens (tertiary/aromatic N) is 2. The number of rotatable bonds is 7. The first kappa shape index (κ1) is 27.8. The van der Waals surface area contributed by atoms with Crippen LogP contribution >= 0.6 is 0 Å². The first-order chi connectivity index (χ1) is 19.3. The third-order valence-corrected chi connectivity index (χ3v) is 8.46. The van der Waals surface area contributed by atoms with Gasteiger partial charge in [-0.3, -0.25) is 9.78 Å². The van der Waals surface area contributed by atoms with Gasteiger partial charge in [0.1, 0.15) is 6.17 Å². The maximum atomic E-state index is 13.5. The molecule has 0 spiro atoms. The minimum atomic E-state index is -0.831. The van der Waals surface area contributed by atoms with Crippen molar-refractivity contribution in [3.63, 3.8) is 0 Å². The number of carbonyl (C=O) groups is 2. The summed E-state index contributed by atoms with van der Waals surface area (Å²) in [5.74, 6) is 0.235. The van der Waals surface area contributed by atoms with Gasteiger partial charge in [-0.25, -0.2) is 9.18 Å². The van der Waals surface area contributed by atoms with E-state index in [1.165, 1.54) is 7.11 Å². The Hall–Kier alpha value is -3.78. The topological polar surface area (TPSA) is 97.5 Å². The zero-order valence-electron chi connectivity index (χ0n) is 23.1. The molecule has 2 aliphatic carbocycles. The number of alkyl halides is 1. The number of halogens is 1. The molecule has 5 rings (SSSR count). The van der Waals surface area contributed by atoms with E-state index in [1.54, 1.807) is 18.1 Å². The molecule has 40 heavy (non-hydrogen) atoms. The Labute approximate surface area is 234 Å². The van der Waals surface area contributed by atoms with Gasteiger partial charge in [0.2, 0.25) is 5.91 Å². The van der Waals surface area contributed by atoms with Crippen LogP contribution in [0.25, 0.3) is 22.4 Å². The molecule has 2 fully saturated rings. The number of ether oxygens (including phenoxy) is 1. The lowest BCUT2D eigenvalue weighted by Crippen LogP contribution is -2.50. The average Bonchev–Trinajstić information content (AvgIpc) is 2.96. The fraction of sp³-hybridized carbons (Fsp3) is 0.406. The summed E-state index contributed by atoms with van der Waals surface area (Å²) in [6, 6.07) is 20.0. The van der Waals surface area contributed by atoms with Crippen molar-refractivity contribution in [3.8, 4) is 22.4 Å². The van der Waals surface area contributed by atoms with Gasteiger partial charge in [-0.2, -0.15) is 0 Å². The van der Waals surface area contributed by atoms with E-state index >= 15 is 0 Å². The number of hydrogen-bond donors (Lipinski definition) is 2. The van der Waals surface area contributed by atoms with E-state index in [-0.39, 0.29) is 24.0 Å². The third kappa shape index (κ3) is 6.02. The van der Waals surface area contributed by atoms with Crippen LogP contribution in [-0.4, -0.2) is 48.3 Å². The summed E-state index contributed by atoms with van der Waals surface area (Å²) in [6.45, 7) is 0. The lowest BCUT2D eigenvalue weighted by atomic mass is 9.71. The number of nitrogens with two attached hydrogens (primary N) is 1. The molecule has 2 aliphatic rings. The highest BCUT2D eigenvalue weighted by Gasteiger charge is 2.42. The second-order valence-electron chi connectivity index (χ2n) is 11.2. The summed E-state index contributed by atoms with van der Waals surface area (Å²) in [6.07, 6.45) is 5.16. The van der Waals surface area contributed by atoms with Crippen molar-refractivity contribution in [2.45, 2.75) is 62.7 Å². The van der Waals surface area contributed by atoms with Crippen molar-refractivity contribution < 1.29 is 18.7 Å². The molecule has 0 aliphatic heterocycles. The largest absolute Gasteiger partial charge is 0.453 e. The van der Waals surface area contributed by atoms with Crippen molar-refractivity contribution in [2.24, 2.45) is 11.7 Å². The second kappa shape index (κ2) is 11.8. The van der Waals surface area contributed by atoms with Crippen LogP contribution in [-0.2, 0) is 15.1 Å². The van der Waals surface area contributed by atoms with Crippen LogP contribution < -0.4 is 11.1 Å². The van der Waals surface area contributed by atoms with Gasteiger partial charge >= 0.3 is 6.09 Å². The standard InChI is InChI=1S/C32H37FN4O3/c1-37(31(39)40-2)27-14-8-21(9-15-27)16-29(38)36-26-17-28(22-6-4-3-5-7-22)30(35-20-26)23-10-12-24(13-11-23)32(34)18-25(33)19-32/h3-7,10-13,17,20-21,25,27H,8-9,14-16,18-19,34H2,1-2H3,(H,36,38). The molecule has 0 bridgehead atoms. The van der Waals surface area contributed by atoms with Gasteiger partial charge in [-0.15, -0.1) is 0 Å². The molecule has 2 saturated carbocycles. The predicted octanol–water partition coefficient (Wildman–Crippen LogP) is 6.29. The summed E-state index contributed by atoms with van der Waals surface area (Å²) in [5.41, 5.74) is 11.0. The van der Waals surface area contributed by atoms with E-state index in [0.29, 0.717) is 24.9 Å². The molecule has 0 saturated heterocycles. The number of carbonyl (C=O) groups excluding carboxylic acids is 2. The van der Waals surface area contributed by atoms with E-state index in [4.69, 9.17) is 15.5 Å². The fourth-order valence-electron chi connectivity index (χ4n) is 6.03. The van der Waals surface area contributed by atoms with Gasteiger partial charge in [0, 0.05) is 49.0 Å². The predicted molar refractivity (Wildman–Crippen MR) is 154 cm³/mol. The number of aromatic nitrogens is 1. The van der Waals surface area contributed by atoms with Crippen molar-refractivity contribution in [3.05, 3.63) is 72.4 Å². The minimum absolute atomic E-state index is 0.0393. The normalized spacial score (nSPS) is 24.1. The van der Waals surface area contributed by atoms with Crippen molar-refractivity contribution in [1.29, 1.82) is 0 Å². The van der Waals surface area contributed by atoms with E-state index < -0.39 is 11.7 Å². The number of methoxy groups -OCH3 is 1. The van der Waals surface area contributed by atoms with E-state index in [9.17, 15) is 14.0 Å². The van der Waals surface area contributed by atoms with E-state index in [1.807, 2.05) is 60.7 Å². The molecule has 1 aromatic heterocycles. The molecule has 8 heteroatoms. The van der Waals surface area contributed by atoms with Crippen LogP contribution in [0.5, 0.6) is 0 Å². The Balaban J connectivity index is 1.28. The summed E-state index contributed by atoms with van der Waals surface area (Å²) in [4.78, 5) is 31.2. The number of nitrogens with one attached hydrogen (secondary N) is 1. The lowest BCUT2D eigenvalue weighted by Gasteiger charge is -2.41. The molecule has 2 amide bonds. The Morgan fingerprint density at radius 3 is 2.35 bits per heavy atom. The summed E-state index contributed by atoms with van der Waals surface area (Å²) in [7, 11) is 3.16. The molecule has 3 N–H and O–H groups in total. The highest BCUT2D eigenvalue weighted by molar-refractivity contribution is 5.93. The quantitative estimate of drug-likeness (QED) is 0.365. The van der Waals surface area contributed by atoms with Crippen LogP contribution in [0.2, 0.25) is 0 Å². The lowest BCUT2D eigenvalue weighted by molar-refractivity contribution is -0.117. The van der Waals surface area contributed by atoms with E-state index in [0.717, 1.165) is 53.6 Å². The number of amides is 2. The number of hydrogen-bond acceptors (Lipinski definition) is 5. The zero-order valence-corrected chi connectivity index (χ0v) is 23.1. The molecule has 0 unspecified atom stereocenters. The van der Waals surface area contributed by atoms with Gasteiger partial charge in [0.25, 0.3) is 0 Å².